The minimum Gasteiger partial charge on any atom is -0.465 e. The van der Waals surface area contributed by atoms with Crippen molar-refractivity contribution < 1.29 is 32.6 Å². The summed E-state index contributed by atoms with van der Waals surface area (Å²) in [4.78, 5) is 18.8. The fourth-order valence-electron chi connectivity index (χ4n) is 4.38. The van der Waals surface area contributed by atoms with E-state index < -0.39 is 19.7 Å². The van der Waals surface area contributed by atoms with Crippen LogP contribution in [0.5, 0.6) is 0 Å². The van der Waals surface area contributed by atoms with Gasteiger partial charge in [-0.1, -0.05) is 76.6 Å². The lowest BCUT2D eigenvalue weighted by molar-refractivity contribution is -0.0881. The number of halogens is 3. The van der Waals surface area contributed by atoms with Crippen LogP contribution >= 0.6 is 34.9 Å². The molecule has 4 aromatic carbocycles. The molecule has 0 aliphatic heterocycles. The maximum absolute atomic E-state index is 12.6. The van der Waals surface area contributed by atoms with Gasteiger partial charge in [-0.25, -0.2) is 9.78 Å². The van der Waals surface area contributed by atoms with Gasteiger partial charge in [-0.05, 0) is 49.8 Å². The first-order valence-corrected chi connectivity index (χ1v) is 15.6. The van der Waals surface area contributed by atoms with Gasteiger partial charge in [-0.15, -0.1) is 20.8 Å². The number of hydrogen-bond donors (Lipinski definition) is 0. The standard InChI is InChI=1S/C29H22BrF2N2O5PS/c1-37-28(35)22-13-11-21(12-14-22)26-18-41-29(33-26)34(27-8-4-6-20-5-2-3-7-24(20)27)16-19-9-10-23(25(30)15-19)17-40(36,38-31)39-32/h2-15,18H,16-17H2,1H3. The molecular weight excluding hydrogens is 637 g/mol. The Morgan fingerprint density at radius 2 is 1.73 bits per heavy atom. The summed E-state index contributed by atoms with van der Waals surface area (Å²) in [5, 5.41) is 4.78. The van der Waals surface area contributed by atoms with E-state index in [0.29, 0.717) is 22.1 Å². The third kappa shape index (κ3) is 6.39. The average Bonchev–Trinajstić information content (AvgIpc) is 3.50. The van der Waals surface area contributed by atoms with Crippen LogP contribution in [0.2, 0.25) is 0 Å². The molecule has 0 bridgehead atoms. The van der Waals surface area contributed by atoms with Gasteiger partial charge in [0.1, 0.15) is 0 Å². The summed E-state index contributed by atoms with van der Waals surface area (Å²) in [5.74, 6) is -0.410. The Hall–Kier alpha value is -3.47. The average molecular weight is 659 g/mol. The smallest absolute Gasteiger partial charge is 0.399 e. The Labute approximate surface area is 246 Å². The largest absolute Gasteiger partial charge is 0.465 e. The zero-order chi connectivity index (χ0) is 29.0. The highest BCUT2D eigenvalue weighted by atomic mass is 79.9. The molecule has 0 saturated carbocycles. The van der Waals surface area contributed by atoms with Crippen LogP contribution in [-0.4, -0.2) is 18.1 Å². The van der Waals surface area contributed by atoms with E-state index in [1.165, 1.54) is 18.4 Å². The number of hydrogen-bond acceptors (Lipinski definition) is 8. The number of thiazole rings is 1. The van der Waals surface area contributed by atoms with Crippen molar-refractivity contribution in [2.24, 2.45) is 0 Å². The third-order valence-corrected chi connectivity index (χ3v) is 9.16. The Morgan fingerprint density at radius 3 is 2.44 bits per heavy atom. The number of rotatable bonds is 10. The molecule has 12 heteroatoms. The second-order valence-corrected chi connectivity index (χ2v) is 12.5. The van der Waals surface area contributed by atoms with Gasteiger partial charge in [0, 0.05) is 20.8 Å². The van der Waals surface area contributed by atoms with Crippen LogP contribution in [0.15, 0.2) is 94.8 Å². The molecule has 0 N–H and O–H groups in total. The van der Waals surface area contributed by atoms with Crippen molar-refractivity contribution in [1.29, 1.82) is 0 Å². The molecule has 0 unspecified atom stereocenters. The first-order chi connectivity index (χ1) is 19.8. The molecule has 0 spiro atoms. The molecule has 7 nitrogen and oxygen atoms in total. The number of aromatic nitrogens is 1. The van der Waals surface area contributed by atoms with Gasteiger partial charge in [0.05, 0.1) is 36.8 Å². The number of esters is 1. The molecule has 1 heterocycles. The summed E-state index contributed by atoms with van der Waals surface area (Å²) in [6.07, 6.45) is -0.585. The molecule has 5 rings (SSSR count). The summed E-state index contributed by atoms with van der Waals surface area (Å²) < 4.78 is 49.0. The van der Waals surface area contributed by atoms with Gasteiger partial charge < -0.3 is 9.64 Å². The molecule has 1 aromatic heterocycles. The molecule has 5 aromatic rings. The van der Waals surface area contributed by atoms with Crippen LogP contribution in [-0.2, 0) is 31.5 Å². The molecule has 41 heavy (non-hydrogen) atoms. The zero-order valence-corrected chi connectivity index (χ0v) is 24.8. The summed E-state index contributed by atoms with van der Waals surface area (Å²) >= 11 is 4.88. The highest BCUT2D eigenvalue weighted by Crippen LogP contribution is 2.53. The van der Waals surface area contributed by atoms with Crippen LogP contribution in [0, 0.1) is 0 Å². The number of carbonyl (C=O) groups excluding carboxylic acids is 1. The monoisotopic (exact) mass is 658 g/mol. The maximum Gasteiger partial charge on any atom is 0.399 e. The summed E-state index contributed by atoms with van der Waals surface area (Å²) in [6.45, 7) is 0.401. The number of fused-ring (bicyclic) bond motifs is 1. The molecule has 210 valence electrons. The Balaban J connectivity index is 1.52. The number of anilines is 2. The van der Waals surface area contributed by atoms with Crippen molar-refractivity contribution in [2.75, 3.05) is 12.0 Å². The van der Waals surface area contributed by atoms with E-state index in [4.69, 9.17) is 9.72 Å². The first-order valence-electron chi connectivity index (χ1n) is 12.2. The van der Waals surface area contributed by atoms with Crippen molar-refractivity contribution in [1.82, 2.24) is 4.98 Å². The van der Waals surface area contributed by atoms with Crippen molar-refractivity contribution in [3.8, 4) is 11.3 Å². The molecule has 0 radical (unpaired) electrons. The molecular formula is C29H22BrF2N2O5PS. The highest BCUT2D eigenvalue weighted by Gasteiger charge is 2.29. The van der Waals surface area contributed by atoms with Crippen molar-refractivity contribution >= 4 is 62.4 Å². The summed E-state index contributed by atoms with van der Waals surface area (Å²) in [7, 11) is -3.20. The van der Waals surface area contributed by atoms with E-state index >= 15 is 0 Å². The minimum atomic E-state index is -4.54. The zero-order valence-electron chi connectivity index (χ0n) is 21.5. The van der Waals surface area contributed by atoms with E-state index in [0.717, 1.165) is 38.4 Å². The lowest BCUT2D eigenvalue weighted by atomic mass is 10.1. The fraction of sp³-hybridized carbons (Fsp3) is 0.103. The van der Waals surface area contributed by atoms with Crippen LogP contribution in [0.4, 0.5) is 19.9 Å². The molecule has 0 saturated heterocycles. The van der Waals surface area contributed by atoms with Gasteiger partial charge in [0.25, 0.3) is 0 Å². The van der Waals surface area contributed by atoms with E-state index in [-0.39, 0.29) is 0 Å². The molecule has 0 aliphatic rings. The van der Waals surface area contributed by atoms with E-state index in [9.17, 15) is 18.4 Å². The SMILES string of the molecule is COC(=O)c1ccc(-c2csc(N(Cc3ccc(CP(=O)(OF)OF)c(Br)c3)c3cccc4ccccc34)n2)cc1. The van der Waals surface area contributed by atoms with Crippen molar-refractivity contribution in [3.63, 3.8) is 0 Å². The maximum atomic E-state index is 12.6. The second kappa shape index (κ2) is 12.6. The molecule has 0 atom stereocenters. The van der Waals surface area contributed by atoms with Crippen LogP contribution in [0.3, 0.4) is 0 Å². The van der Waals surface area contributed by atoms with Crippen LogP contribution < -0.4 is 4.90 Å². The number of methoxy groups -OCH3 is 1. The topological polar surface area (TPSA) is 78.0 Å². The van der Waals surface area contributed by atoms with Gasteiger partial charge in [-0.3, -0.25) is 4.57 Å². The van der Waals surface area contributed by atoms with E-state index in [2.05, 4.69) is 30.3 Å². The second-order valence-electron chi connectivity index (χ2n) is 9.00. The third-order valence-electron chi connectivity index (χ3n) is 6.41. The highest BCUT2D eigenvalue weighted by molar-refractivity contribution is 9.10. The molecule has 0 aliphatic carbocycles. The Kier molecular flexibility index (Phi) is 8.91. The van der Waals surface area contributed by atoms with Crippen LogP contribution in [0.25, 0.3) is 22.0 Å². The number of ether oxygens (including phenoxy) is 1. The van der Waals surface area contributed by atoms with Crippen LogP contribution in [0.1, 0.15) is 21.5 Å². The minimum absolute atomic E-state index is 0.357. The first kappa shape index (κ1) is 29.0. The predicted octanol–water partition coefficient (Wildman–Crippen LogP) is 9.35. The number of carbonyl (C=O) groups is 1. The quantitative estimate of drug-likeness (QED) is 0.109. The van der Waals surface area contributed by atoms with Crippen molar-refractivity contribution in [2.45, 2.75) is 12.7 Å². The normalized spacial score (nSPS) is 11.5. The Morgan fingerprint density at radius 1 is 1.00 bits per heavy atom. The summed E-state index contributed by atoms with van der Waals surface area (Å²) in [6, 6.07) is 26.3. The molecule has 0 fully saturated rings. The fourth-order valence-corrected chi connectivity index (χ4v) is 6.83. The van der Waals surface area contributed by atoms with Gasteiger partial charge in [0.2, 0.25) is 0 Å². The van der Waals surface area contributed by atoms with Crippen molar-refractivity contribution in [3.05, 3.63) is 111 Å². The number of nitrogens with zero attached hydrogens (tertiary/aromatic N) is 2. The lowest BCUT2D eigenvalue weighted by Gasteiger charge is -2.24. The van der Waals surface area contributed by atoms with E-state index in [1.807, 2.05) is 60.0 Å². The van der Waals surface area contributed by atoms with Gasteiger partial charge >= 0.3 is 13.6 Å². The van der Waals surface area contributed by atoms with Gasteiger partial charge in [0.15, 0.2) is 5.13 Å². The van der Waals surface area contributed by atoms with E-state index in [1.54, 1.807) is 30.3 Å². The van der Waals surface area contributed by atoms with Gasteiger partial charge in [-0.2, -0.15) is 0 Å². The Bertz CT molecular complexity index is 1740. The summed E-state index contributed by atoms with van der Waals surface area (Å²) in [5.41, 5.74) is 4.19. The lowest BCUT2D eigenvalue weighted by Crippen LogP contribution is -2.17. The molecule has 0 amide bonds. The number of benzene rings is 4. The predicted molar refractivity (Wildman–Crippen MR) is 159 cm³/mol.